The van der Waals surface area contributed by atoms with E-state index >= 15 is 0 Å². The van der Waals surface area contributed by atoms with Crippen LogP contribution in [-0.4, -0.2) is 48.3 Å². The third kappa shape index (κ3) is 3.86. The molecule has 2 aliphatic heterocycles. The topological polar surface area (TPSA) is 76.8 Å². The molecule has 7 heteroatoms. The van der Waals surface area contributed by atoms with Crippen molar-refractivity contribution in [3.05, 3.63) is 35.2 Å². The molecule has 2 aliphatic rings. The Morgan fingerprint density at radius 1 is 1.26 bits per heavy atom. The number of hydrogen-bond acceptors (Lipinski definition) is 6. The van der Waals surface area contributed by atoms with Gasteiger partial charge in [-0.05, 0) is 38.8 Å². The second-order valence-electron chi connectivity index (χ2n) is 7.16. The van der Waals surface area contributed by atoms with Gasteiger partial charge in [-0.15, -0.1) is 0 Å². The molecule has 0 unspecified atom stereocenters. The summed E-state index contributed by atoms with van der Waals surface area (Å²) in [6.07, 6.45) is 2.36. The van der Waals surface area contributed by atoms with Crippen LogP contribution in [0.1, 0.15) is 29.9 Å². The molecule has 0 bridgehead atoms. The second kappa shape index (κ2) is 7.50. The molecule has 0 saturated carbocycles. The fourth-order valence-electron chi connectivity index (χ4n) is 3.71. The number of fused-ring (bicyclic) bond motifs is 1. The molecule has 1 fully saturated rings. The Bertz CT molecular complexity index is 813. The zero-order chi connectivity index (χ0) is 18.8. The van der Waals surface area contributed by atoms with E-state index in [-0.39, 0.29) is 11.9 Å². The Hall–Kier alpha value is -2.70. The zero-order valence-corrected chi connectivity index (χ0v) is 15.8. The molecule has 144 valence electrons. The number of anilines is 1. The highest BCUT2D eigenvalue weighted by Gasteiger charge is 2.25. The van der Waals surface area contributed by atoms with Crippen molar-refractivity contribution in [2.24, 2.45) is 0 Å². The van der Waals surface area contributed by atoms with Crippen LogP contribution in [0.4, 0.5) is 5.69 Å². The minimum Gasteiger partial charge on any atom is -0.486 e. The molecule has 1 atom stereocenters. The maximum absolute atomic E-state index is 12.8. The predicted octanol–water partition coefficient (Wildman–Crippen LogP) is 2.71. The monoisotopic (exact) mass is 371 g/mol. The van der Waals surface area contributed by atoms with Gasteiger partial charge < -0.3 is 24.2 Å². The number of nitrogens with one attached hydrogen (secondary N) is 1. The maximum Gasteiger partial charge on any atom is 0.227 e. The lowest BCUT2D eigenvalue weighted by Gasteiger charge is -2.34. The number of carbonyl (C=O) groups is 1. The molecule has 1 amide bonds. The normalized spacial score (nSPS) is 19.0. The highest BCUT2D eigenvalue weighted by Crippen LogP contribution is 2.33. The summed E-state index contributed by atoms with van der Waals surface area (Å²) in [5.41, 5.74) is 2.69. The lowest BCUT2D eigenvalue weighted by atomic mass is 10.0. The number of aryl methyl sites for hydroxylation is 2. The van der Waals surface area contributed by atoms with Gasteiger partial charge in [-0.25, -0.2) is 0 Å². The van der Waals surface area contributed by atoms with Gasteiger partial charge in [-0.3, -0.25) is 4.79 Å². The number of ether oxygens (including phenoxy) is 2. The highest BCUT2D eigenvalue weighted by atomic mass is 16.6. The first kappa shape index (κ1) is 17.7. The number of rotatable bonds is 4. The van der Waals surface area contributed by atoms with Gasteiger partial charge in [-0.2, -0.15) is 0 Å². The van der Waals surface area contributed by atoms with Crippen molar-refractivity contribution < 1.29 is 18.8 Å². The third-order valence-electron chi connectivity index (χ3n) is 5.20. The summed E-state index contributed by atoms with van der Waals surface area (Å²) in [5.74, 6) is 2.40. The molecule has 27 heavy (non-hydrogen) atoms. The van der Waals surface area contributed by atoms with Crippen LogP contribution in [0.2, 0.25) is 0 Å². The van der Waals surface area contributed by atoms with Crippen LogP contribution in [0.5, 0.6) is 11.5 Å². The van der Waals surface area contributed by atoms with E-state index in [9.17, 15) is 4.79 Å². The average molecular weight is 371 g/mol. The summed E-state index contributed by atoms with van der Waals surface area (Å²) in [6.45, 7) is 6.37. The first-order chi connectivity index (χ1) is 13.1. The van der Waals surface area contributed by atoms with Crippen molar-refractivity contribution in [2.75, 3.05) is 31.6 Å². The molecule has 4 rings (SSSR count). The Morgan fingerprint density at radius 2 is 2.07 bits per heavy atom. The lowest BCUT2D eigenvalue weighted by molar-refractivity contribution is -0.131. The summed E-state index contributed by atoms with van der Waals surface area (Å²) < 4.78 is 16.4. The number of nitrogens with zero attached hydrogens (tertiary/aromatic N) is 2. The molecule has 7 nitrogen and oxygen atoms in total. The SMILES string of the molecule is Cc1noc(C)c1CC(=O)N1CCC[C@@H](Nc2ccc3c(c2)OCCO3)C1. The van der Waals surface area contributed by atoms with Gasteiger partial charge in [0.05, 0.1) is 12.1 Å². The molecule has 2 aromatic rings. The standard InChI is InChI=1S/C20H25N3O4/c1-13-17(14(2)27-22-13)11-20(24)23-7-3-4-16(12-23)21-15-5-6-18-19(10-15)26-9-8-25-18/h5-6,10,16,21H,3-4,7-9,11-12H2,1-2H3/t16-/m1/s1. The molecular formula is C20H25N3O4. The number of amides is 1. The molecular weight excluding hydrogens is 346 g/mol. The summed E-state index contributed by atoms with van der Waals surface area (Å²) >= 11 is 0. The number of hydrogen-bond donors (Lipinski definition) is 1. The van der Waals surface area contributed by atoms with Crippen molar-refractivity contribution in [3.63, 3.8) is 0 Å². The van der Waals surface area contributed by atoms with Crippen LogP contribution in [0.15, 0.2) is 22.7 Å². The highest BCUT2D eigenvalue weighted by molar-refractivity contribution is 5.79. The molecule has 0 aliphatic carbocycles. The first-order valence-corrected chi connectivity index (χ1v) is 9.46. The van der Waals surface area contributed by atoms with E-state index in [0.717, 1.165) is 53.6 Å². The Morgan fingerprint density at radius 3 is 2.85 bits per heavy atom. The van der Waals surface area contributed by atoms with Crippen molar-refractivity contribution >= 4 is 11.6 Å². The fraction of sp³-hybridized carbons (Fsp3) is 0.500. The number of carbonyl (C=O) groups excluding carboxylic acids is 1. The van der Waals surface area contributed by atoms with Crippen LogP contribution in [0, 0.1) is 13.8 Å². The van der Waals surface area contributed by atoms with Gasteiger partial charge in [0.1, 0.15) is 19.0 Å². The predicted molar refractivity (Wildman–Crippen MR) is 100 cm³/mol. The average Bonchev–Trinajstić information content (AvgIpc) is 3.00. The zero-order valence-electron chi connectivity index (χ0n) is 15.8. The largest absolute Gasteiger partial charge is 0.486 e. The van der Waals surface area contributed by atoms with E-state index in [0.29, 0.717) is 26.2 Å². The molecule has 1 saturated heterocycles. The first-order valence-electron chi connectivity index (χ1n) is 9.46. The summed E-state index contributed by atoms with van der Waals surface area (Å²) in [6, 6.07) is 6.12. The molecule has 0 spiro atoms. The van der Waals surface area contributed by atoms with Crippen LogP contribution in [-0.2, 0) is 11.2 Å². The summed E-state index contributed by atoms with van der Waals surface area (Å²) in [4.78, 5) is 14.7. The van der Waals surface area contributed by atoms with E-state index < -0.39 is 0 Å². The van der Waals surface area contributed by atoms with Gasteiger partial charge in [0.2, 0.25) is 5.91 Å². The van der Waals surface area contributed by atoms with Crippen molar-refractivity contribution in [1.82, 2.24) is 10.1 Å². The van der Waals surface area contributed by atoms with E-state index in [4.69, 9.17) is 14.0 Å². The van der Waals surface area contributed by atoms with Crippen molar-refractivity contribution in [2.45, 2.75) is 39.2 Å². The van der Waals surface area contributed by atoms with E-state index in [2.05, 4.69) is 10.5 Å². The molecule has 0 radical (unpaired) electrons. The van der Waals surface area contributed by atoms with Crippen LogP contribution >= 0.6 is 0 Å². The molecule has 1 aromatic heterocycles. The van der Waals surface area contributed by atoms with Gasteiger partial charge in [0, 0.05) is 36.4 Å². The van der Waals surface area contributed by atoms with Gasteiger partial charge in [0.15, 0.2) is 11.5 Å². The van der Waals surface area contributed by atoms with Gasteiger partial charge in [-0.1, -0.05) is 5.16 Å². The Labute approximate surface area is 158 Å². The number of likely N-dealkylation sites (tertiary alicyclic amines) is 1. The van der Waals surface area contributed by atoms with Crippen LogP contribution < -0.4 is 14.8 Å². The quantitative estimate of drug-likeness (QED) is 0.891. The van der Waals surface area contributed by atoms with E-state index in [1.54, 1.807) is 0 Å². The van der Waals surface area contributed by atoms with Gasteiger partial charge >= 0.3 is 0 Å². The Kier molecular flexibility index (Phi) is 4.92. The van der Waals surface area contributed by atoms with Crippen molar-refractivity contribution in [3.8, 4) is 11.5 Å². The summed E-state index contributed by atoms with van der Waals surface area (Å²) in [7, 11) is 0. The number of aromatic nitrogens is 1. The lowest BCUT2D eigenvalue weighted by Crippen LogP contribution is -2.45. The van der Waals surface area contributed by atoms with E-state index in [1.165, 1.54) is 0 Å². The molecule has 1 N–H and O–H groups in total. The second-order valence-corrected chi connectivity index (χ2v) is 7.16. The maximum atomic E-state index is 12.8. The molecule has 1 aromatic carbocycles. The third-order valence-corrected chi connectivity index (χ3v) is 5.20. The van der Waals surface area contributed by atoms with E-state index in [1.807, 2.05) is 36.9 Å². The minimum atomic E-state index is 0.123. The summed E-state index contributed by atoms with van der Waals surface area (Å²) in [5, 5.41) is 7.48. The number of benzene rings is 1. The fourth-order valence-corrected chi connectivity index (χ4v) is 3.71. The molecule has 3 heterocycles. The Balaban J connectivity index is 1.38. The van der Waals surface area contributed by atoms with Crippen LogP contribution in [0.3, 0.4) is 0 Å². The number of piperidine rings is 1. The minimum absolute atomic E-state index is 0.123. The van der Waals surface area contributed by atoms with Crippen molar-refractivity contribution in [1.29, 1.82) is 0 Å². The van der Waals surface area contributed by atoms with Gasteiger partial charge in [0.25, 0.3) is 0 Å². The smallest absolute Gasteiger partial charge is 0.227 e. The van der Waals surface area contributed by atoms with Crippen LogP contribution in [0.25, 0.3) is 0 Å².